The first-order chi connectivity index (χ1) is 8.07. The van der Waals surface area contributed by atoms with E-state index < -0.39 is 10.0 Å². The van der Waals surface area contributed by atoms with Crippen LogP contribution in [0.3, 0.4) is 0 Å². The summed E-state index contributed by atoms with van der Waals surface area (Å²) in [6, 6.07) is 7.44. The van der Waals surface area contributed by atoms with E-state index in [1.807, 2.05) is 31.2 Å². The number of hydrogen-bond donors (Lipinski definition) is 1. The topological polar surface area (TPSA) is 59.1 Å². The average Bonchev–Trinajstić information content (AvgIpc) is 2.73. The first kappa shape index (κ1) is 12.1. The Morgan fingerprint density at radius 3 is 2.76 bits per heavy atom. The lowest BCUT2D eigenvalue weighted by Crippen LogP contribution is -2.15. The minimum Gasteiger partial charge on any atom is -0.258 e. The first-order valence-electron chi connectivity index (χ1n) is 5.01. The summed E-state index contributed by atoms with van der Waals surface area (Å²) in [5.74, 6) is -0.0285. The van der Waals surface area contributed by atoms with Crippen LogP contribution in [0.1, 0.15) is 11.1 Å². The highest BCUT2D eigenvalue weighted by atomic mass is 32.2. The van der Waals surface area contributed by atoms with Crippen molar-refractivity contribution in [2.24, 2.45) is 0 Å². The van der Waals surface area contributed by atoms with Crippen LogP contribution < -0.4 is 4.72 Å². The number of thiazole rings is 1. The van der Waals surface area contributed by atoms with Crippen molar-refractivity contribution in [1.29, 1.82) is 0 Å². The van der Waals surface area contributed by atoms with E-state index in [4.69, 9.17) is 0 Å². The first-order valence-corrected chi connectivity index (χ1v) is 7.54. The molecule has 0 unspecified atom stereocenters. The van der Waals surface area contributed by atoms with Crippen molar-refractivity contribution in [2.45, 2.75) is 12.7 Å². The van der Waals surface area contributed by atoms with Crippen LogP contribution in [0, 0.1) is 6.92 Å². The summed E-state index contributed by atoms with van der Waals surface area (Å²) in [6.07, 6.45) is 1.57. The molecule has 2 aromatic rings. The molecule has 0 aliphatic heterocycles. The molecule has 0 aliphatic rings. The third-order valence-electron chi connectivity index (χ3n) is 2.28. The fourth-order valence-corrected chi connectivity index (χ4v) is 3.49. The van der Waals surface area contributed by atoms with E-state index in [9.17, 15) is 8.42 Å². The van der Waals surface area contributed by atoms with Gasteiger partial charge in [-0.25, -0.2) is 13.4 Å². The van der Waals surface area contributed by atoms with Crippen molar-refractivity contribution in [2.75, 3.05) is 4.72 Å². The molecule has 0 saturated carbocycles. The standard InChI is InChI=1S/C11H12N2O2S2/c1-9-4-2-3-5-10(9)8-17(14,15)13-11-12-6-7-16-11/h2-7H,8H2,1H3,(H,12,13). The lowest BCUT2D eigenvalue weighted by atomic mass is 10.1. The zero-order valence-corrected chi connectivity index (χ0v) is 10.9. The van der Waals surface area contributed by atoms with Crippen molar-refractivity contribution in [3.05, 3.63) is 47.0 Å². The Morgan fingerprint density at radius 1 is 1.35 bits per heavy atom. The molecule has 1 aromatic carbocycles. The summed E-state index contributed by atoms with van der Waals surface area (Å²) < 4.78 is 26.2. The minimum absolute atomic E-state index is 0.0285. The van der Waals surface area contributed by atoms with E-state index in [-0.39, 0.29) is 5.75 Å². The normalized spacial score (nSPS) is 11.4. The highest BCUT2D eigenvalue weighted by Crippen LogP contribution is 2.16. The highest BCUT2D eigenvalue weighted by Gasteiger charge is 2.13. The van der Waals surface area contributed by atoms with Crippen LogP contribution in [0.25, 0.3) is 0 Å². The van der Waals surface area contributed by atoms with Crippen molar-refractivity contribution >= 4 is 26.5 Å². The van der Waals surface area contributed by atoms with E-state index in [0.29, 0.717) is 5.13 Å². The molecule has 1 heterocycles. The summed E-state index contributed by atoms with van der Waals surface area (Å²) in [4.78, 5) is 3.89. The van der Waals surface area contributed by atoms with Gasteiger partial charge < -0.3 is 0 Å². The van der Waals surface area contributed by atoms with Gasteiger partial charge in [-0.15, -0.1) is 11.3 Å². The summed E-state index contributed by atoms with van der Waals surface area (Å²) in [7, 11) is -3.38. The monoisotopic (exact) mass is 268 g/mol. The van der Waals surface area contributed by atoms with Crippen molar-refractivity contribution in [3.63, 3.8) is 0 Å². The number of rotatable bonds is 4. The fourth-order valence-electron chi connectivity index (χ4n) is 1.42. The molecule has 0 spiro atoms. The van der Waals surface area contributed by atoms with Gasteiger partial charge in [-0.05, 0) is 18.1 Å². The maximum atomic E-state index is 11.9. The number of nitrogens with zero attached hydrogens (tertiary/aromatic N) is 1. The largest absolute Gasteiger partial charge is 0.258 e. The minimum atomic E-state index is -3.38. The smallest absolute Gasteiger partial charge is 0.238 e. The molecular weight excluding hydrogens is 256 g/mol. The van der Waals surface area contributed by atoms with Gasteiger partial charge in [0.15, 0.2) is 5.13 Å². The van der Waals surface area contributed by atoms with Crippen LogP contribution in [0.15, 0.2) is 35.8 Å². The maximum absolute atomic E-state index is 11.9. The van der Waals surface area contributed by atoms with Gasteiger partial charge in [0.05, 0.1) is 5.75 Å². The number of anilines is 1. The molecule has 17 heavy (non-hydrogen) atoms. The Morgan fingerprint density at radius 2 is 2.12 bits per heavy atom. The SMILES string of the molecule is Cc1ccccc1CS(=O)(=O)Nc1nccs1. The Hall–Kier alpha value is -1.40. The van der Waals surface area contributed by atoms with Crippen LogP contribution in [-0.4, -0.2) is 13.4 Å². The second-order valence-electron chi connectivity index (χ2n) is 3.62. The molecule has 0 atom stereocenters. The van der Waals surface area contributed by atoms with Gasteiger partial charge in [0, 0.05) is 11.6 Å². The molecular formula is C11H12N2O2S2. The van der Waals surface area contributed by atoms with Crippen LogP contribution in [0.2, 0.25) is 0 Å². The van der Waals surface area contributed by atoms with Gasteiger partial charge in [0.25, 0.3) is 0 Å². The quantitative estimate of drug-likeness (QED) is 0.926. The van der Waals surface area contributed by atoms with Gasteiger partial charge in [-0.1, -0.05) is 24.3 Å². The van der Waals surface area contributed by atoms with E-state index in [2.05, 4.69) is 9.71 Å². The second kappa shape index (κ2) is 4.85. The summed E-state index contributed by atoms with van der Waals surface area (Å²) in [5.41, 5.74) is 1.77. The molecule has 0 saturated heterocycles. The van der Waals surface area contributed by atoms with Crippen molar-refractivity contribution < 1.29 is 8.42 Å². The molecule has 1 aromatic heterocycles. The van der Waals surface area contributed by atoms with Gasteiger partial charge in [-0.2, -0.15) is 0 Å². The summed E-state index contributed by atoms with van der Waals surface area (Å²) >= 11 is 1.26. The van der Waals surface area contributed by atoms with E-state index in [1.165, 1.54) is 11.3 Å². The van der Waals surface area contributed by atoms with Crippen molar-refractivity contribution in [3.8, 4) is 0 Å². The molecule has 0 bridgehead atoms. The molecule has 6 heteroatoms. The molecule has 0 aliphatic carbocycles. The highest BCUT2D eigenvalue weighted by molar-refractivity contribution is 7.92. The lowest BCUT2D eigenvalue weighted by molar-refractivity contribution is 0.600. The Balaban J connectivity index is 2.16. The van der Waals surface area contributed by atoms with E-state index >= 15 is 0 Å². The third kappa shape index (κ3) is 3.28. The number of aromatic nitrogens is 1. The number of benzene rings is 1. The van der Waals surface area contributed by atoms with Gasteiger partial charge in [-0.3, -0.25) is 4.72 Å². The molecule has 0 amide bonds. The Bertz CT molecular complexity index is 592. The van der Waals surface area contributed by atoms with Crippen molar-refractivity contribution in [1.82, 2.24) is 4.98 Å². The van der Waals surface area contributed by atoms with Crippen LogP contribution in [0.5, 0.6) is 0 Å². The summed E-state index contributed by atoms with van der Waals surface area (Å²) in [5, 5.41) is 2.13. The summed E-state index contributed by atoms with van der Waals surface area (Å²) in [6.45, 7) is 1.90. The van der Waals surface area contributed by atoms with E-state index in [0.717, 1.165) is 11.1 Å². The maximum Gasteiger partial charge on any atom is 0.238 e. The molecule has 0 radical (unpaired) electrons. The Kier molecular flexibility index (Phi) is 3.44. The molecule has 90 valence electrons. The predicted molar refractivity (Wildman–Crippen MR) is 69.5 cm³/mol. The van der Waals surface area contributed by atoms with E-state index in [1.54, 1.807) is 11.6 Å². The zero-order valence-electron chi connectivity index (χ0n) is 9.25. The lowest BCUT2D eigenvalue weighted by Gasteiger charge is -2.07. The molecule has 1 N–H and O–H groups in total. The van der Waals surface area contributed by atoms with Gasteiger partial charge in [0.2, 0.25) is 10.0 Å². The Labute approximate surface area is 104 Å². The third-order valence-corrected chi connectivity index (χ3v) is 4.30. The van der Waals surface area contributed by atoms with Crippen LogP contribution >= 0.6 is 11.3 Å². The number of sulfonamides is 1. The number of hydrogen-bond acceptors (Lipinski definition) is 4. The molecule has 0 fully saturated rings. The molecule has 2 rings (SSSR count). The van der Waals surface area contributed by atoms with Crippen LogP contribution in [-0.2, 0) is 15.8 Å². The number of nitrogens with one attached hydrogen (secondary N) is 1. The zero-order chi connectivity index (χ0) is 12.3. The van der Waals surface area contributed by atoms with Gasteiger partial charge in [0.1, 0.15) is 0 Å². The average molecular weight is 268 g/mol. The second-order valence-corrected chi connectivity index (χ2v) is 6.24. The van der Waals surface area contributed by atoms with Crippen LogP contribution in [0.4, 0.5) is 5.13 Å². The fraction of sp³-hybridized carbons (Fsp3) is 0.182. The predicted octanol–water partition coefficient (Wildman–Crippen LogP) is 2.39. The number of aryl methyl sites for hydroxylation is 1. The molecule has 4 nitrogen and oxygen atoms in total. The van der Waals surface area contributed by atoms with Gasteiger partial charge >= 0.3 is 0 Å².